The van der Waals surface area contributed by atoms with Gasteiger partial charge in [0.15, 0.2) is 0 Å². The first-order valence-corrected chi connectivity index (χ1v) is 9.82. The summed E-state index contributed by atoms with van der Waals surface area (Å²) in [4.78, 5) is 27.9. The third-order valence-corrected chi connectivity index (χ3v) is 4.35. The summed E-state index contributed by atoms with van der Waals surface area (Å²) in [6.07, 6.45) is -2.90. The van der Waals surface area contributed by atoms with Crippen molar-refractivity contribution in [3.05, 3.63) is 83.7 Å². The number of pyridine rings is 1. The maximum atomic E-state index is 12.4. The molecule has 2 aromatic carbocycles. The van der Waals surface area contributed by atoms with Crippen LogP contribution < -0.4 is 20.1 Å². The summed E-state index contributed by atoms with van der Waals surface area (Å²) in [6.45, 7) is 0.253. The number of carbonyl (C=O) groups is 2. The van der Waals surface area contributed by atoms with Gasteiger partial charge in [0.1, 0.15) is 22.9 Å². The van der Waals surface area contributed by atoms with Crippen LogP contribution in [0.1, 0.15) is 26.4 Å². The van der Waals surface area contributed by atoms with E-state index in [4.69, 9.17) is 4.74 Å². The van der Waals surface area contributed by atoms with Crippen LogP contribution in [0.4, 0.5) is 13.2 Å². The normalized spacial score (nSPS) is 10.9. The number of halogens is 3. The first kappa shape index (κ1) is 23.6. The smallest absolute Gasteiger partial charge is 0.457 e. The number of rotatable bonds is 8. The van der Waals surface area contributed by atoms with Crippen LogP contribution in [0.5, 0.6) is 17.2 Å². The molecule has 7 nitrogen and oxygen atoms in total. The molecule has 0 aliphatic carbocycles. The molecule has 3 rings (SSSR count). The lowest BCUT2D eigenvalue weighted by Gasteiger charge is -2.11. The lowest BCUT2D eigenvalue weighted by molar-refractivity contribution is -0.274. The zero-order chi connectivity index (χ0) is 23.8. The Labute approximate surface area is 187 Å². The van der Waals surface area contributed by atoms with Crippen LogP contribution in [0.2, 0.25) is 0 Å². The fraction of sp³-hybridized carbons (Fsp3) is 0.174. The summed E-state index contributed by atoms with van der Waals surface area (Å²) >= 11 is 0. The van der Waals surface area contributed by atoms with E-state index in [1.165, 1.54) is 31.4 Å². The molecule has 0 spiro atoms. The molecule has 172 valence electrons. The van der Waals surface area contributed by atoms with Crippen molar-refractivity contribution in [1.29, 1.82) is 0 Å². The van der Waals surface area contributed by atoms with E-state index in [2.05, 4.69) is 20.4 Å². The van der Waals surface area contributed by atoms with Crippen molar-refractivity contribution < 1.29 is 32.2 Å². The molecule has 0 aliphatic heterocycles. The highest BCUT2D eigenvalue weighted by atomic mass is 19.4. The molecule has 1 heterocycles. The molecule has 2 amide bonds. The van der Waals surface area contributed by atoms with Crippen LogP contribution in [0, 0.1) is 0 Å². The molecule has 1 aromatic heterocycles. The third kappa shape index (κ3) is 7.23. The van der Waals surface area contributed by atoms with Crippen molar-refractivity contribution in [2.45, 2.75) is 12.8 Å². The van der Waals surface area contributed by atoms with Crippen LogP contribution in [0.15, 0.2) is 66.9 Å². The molecule has 3 aromatic rings. The Hall–Kier alpha value is -4.08. The Morgan fingerprint density at radius 2 is 1.67 bits per heavy atom. The molecule has 10 heteroatoms. The quantitative estimate of drug-likeness (QED) is 0.529. The Balaban J connectivity index is 1.57. The van der Waals surface area contributed by atoms with Gasteiger partial charge in [0.2, 0.25) is 0 Å². The predicted molar refractivity (Wildman–Crippen MR) is 113 cm³/mol. The standard InChI is InChI=1S/C23H20F3N3O4/c1-27-22(31)20-14-18(9-11-28-20)32-17-6-2-4-15(12-17)8-10-29-21(30)16-5-3-7-19(13-16)33-23(24,25)26/h2-7,9,11-14H,8,10H2,1H3,(H,27,31)(H,29,30). The summed E-state index contributed by atoms with van der Waals surface area (Å²) in [5.74, 6) is -0.343. The molecule has 33 heavy (non-hydrogen) atoms. The lowest BCUT2D eigenvalue weighted by Crippen LogP contribution is -2.26. The van der Waals surface area contributed by atoms with E-state index in [9.17, 15) is 22.8 Å². The fourth-order valence-corrected chi connectivity index (χ4v) is 2.88. The number of amides is 2. The van der Waals surface area contributed by atoms with Gasteiger partial charge < -0.3 is 20.1 Å². The monoisotopic (exact) mass is 459 g/mol. The summed E-state index contributed by atoms with van der Waals surface area (Å²) in [5, 5.41) is 5.15. The Kier molecular flexibility index (Phi) is 7.50. The fourth-order valence-electron chi connectivity index (χ4n) is 2.88. The third-order valence-electron chi connectivity index (χ3n) is 4.35. The second-order valence-electron chi connectivity index (χ2n) is 6.79. The number of aromatic nitrogens is 1. The zero-order valence-corrected chi connectivity index (χ0v) is 17.5. The molecule has 0 saturated heterocycles. The first-order valence-electron chi connectivity index (χ1n) is 9.82. The van der Waals surface area contributed by atoms with Gasteiger partial charge in [-0.3, -0.25) is 14.6 Å². The molecular weight excluding hydrogens is 439 g/mol. The lowest BCUT2D eigenvalue weighted by atomic mass is 10.1. The SMILES string of the molecule is CNC(=O)c1cc(Oc2cccc(CCNC(=O)c3cccc(OC(F)(F)F)c3)c2)ccn1. The predicted octanol–water partition coefficient (Wildman–Crippen LogP) is 4.10. The van der Waals surface area contributed by atoms with E-state index in [0.717, 1.165) is 17.7 Å². The van der Waals surface area contributed by atoms with E-state index >= 15 is 0 Å². The number of benzene rings is 2. The van der Waals surface area contributed by atoms with Crippen molar-refractivity contribution in [2.24, 2.45) is 0 Å². The van der Waals surface area contributed by atoms with Crippen molar-refractivity contribution in [3.8, 4) is 17.2 Å². The highest BCUT2D eigenvalue weighted by Gasteiger charge is 2.31. The molecule has 0 atom stereocenters. The highest BCUT2D eigenvalue weighted by Crippen LogP contribution is 2.24. The number of hydrogen-bond donors (Lipinski definition) is 2. The summed E-state index contributed by atoms with van der Waals surface area (Å²) in [5.41, 5.74) is 1.14. The van der Waals surface area contributed by atoms with Crippen LogP contribution in [-0.4, -0.2) is 36.8 Å². The van der Waals surface area contributed by atoms with Crippen molar-refractivity contribution in [3.63, 3.8) is 0 Å². The van der Waals surface area contributed by atoms with E-state index in [-0.39, 0.29) is 23.7 Å². The van der Waals surface area contributed by atoms with Crippen LogP contribution in [0.3, 0.4) is 0 Å². The van der Waals surface area contributed by atoms with Gasteiger partial charge in [0.25, 0.3) is 11.8 Å². The molecule has 0 saturated carbocycles. The number of ether oxygens (including phenoxy) is 2. The molecule has 0 fully saturated rings. The van der Waals surface area contributed by atoms with Crippen LogP contribution in [-0.2, 0) is 6.42 Å². The van der Waals surface area contributed by atoms with Gasteiger partial charge in [0, 0.05) is 31.4 Å². The molecule has 0 radical (unpaired) electrons. The van der Waals surface area contributed by atoms with E-state index in [1.54, 1.807) is 24.3 Å². The molecule has 2 N–H and O–H groups in total. The molecular formula is C23H20F3N3O4. The largest absolute Gasteiger partial charge is 0.573 e. The Morgan fingerprint density at radius 1 is 0.939 bits per heavy atom. The topological polar surface area (TPSA) is 89.6 Å². The van der Waals surface area contributed by atoms with Crippen LogP contribution in [0.25, 0.3) is 0 Å². The minimum absolute atomic E-state index is 0.0541. The first-order chi connectivity index (χ1) is 15.7. The number of hydrogen-bond acceptors (Lipinski definition) is 5. The second-order valence-corrected chi connectivity index (χ2v) is 6.79. The maximum Gasteiger partial charge on any atom is 0.573 e. The second kappa shape index (κ2) is 10.5. The zero-order valence-electron chi connectivity index (χ0n) is 17.5. The average Bonchev–Trinajstić information content (AvgIpc) is 2.78. The van der Waals surface area contributed by atoms with Gasteiger partial charge >= 0.3 is 6.36 Å². The summed E-state index contributed by atoms with van der Waals surface area (Å²) in [7, 11) is 1.51. The van der Waals surface area contributed by atoms with E-state index in [0.29, 0.717) is 17.9 Å². The minimum Gasteiger partial charge on any atom is -0.457 e. The summed E-state index contributed by atoms with van der Waals surface area (Å²) in [6, 6.07) is 15.1. The van der Waals surface area contributed by atoms with Crippen LogP contribution >= 0.6 is 0 Å². The number of alkyl halides is 3. The Morgan fingerprint density at radius 3 is 2.42 bits per heavy atom. The van der Waals surface area contributed by atoms with Gasteiger partial charge in [-0.05, 0) is 48.4 Å². The van der Waals surface area contributed by atoms with Crippen molar-refractivity contribution >= 4 is 11.8 Å². The summed E-state index contributed by atoms with van der Waals surface area (Å²) < 4.78 is 46.7. The van der Waals surface area contributed by atoms with Gasteiger partial charge in [-0.1, -0.05) is 18.2 Å². The highest BCUT2D eigenvalue weighted by molar-refractivity contribution is 5.94. The van der Waals surface area contributed by atoms with Crippen molar-refractivity contribution in [2.75, 3.05) is 13.6 Å². The van der Waals surface area contributed by atoms with Gasteiger partial charge in [-0.25, -0.2) is 0 Å². The van der Waals surface area contributed by atoms with E-state index < -0.39 is 18.0 Å². The Bertz CT molecular complexity index is 1140. The molecule has 0 bridgehead atoms. The van der Waals surface area contributed by atoms with Gasteiger partial charge in [-0.2, -0.15) is 0 Å². The molecule has 0 aliphatic rings. The molecule has 0 unspecified atom stereocenters. The number of nitrogens with zero attached hydrogens (tertiary/aromatic N) is 1. The van der Waals surface area contributed by atoms with Crippen molar-refractivity contribution in [1.82, 2.24) is 15.6 Å². The van der Waals surface area contributed by atoms with Gasteiger partial charge in [-0.15, -0.1) is 13.2 Å². The maximum absolute atomic E-state index is 12.4. The average molecular weight is 459 g/mol. The van der Waals surface area contributed by atoms with Gasteiger partial charge in [0.05, 0.1) is 0 Å². The van der Waals surface area contributed by atoms with E-state index in [1.807, 2.05) is 6.07 Å². The minimum atomic E-state index is -4.83. The number of carbonyl (C=O) groups excluding carboxylic acids is 2. The number of nitrogens with one attached hydrogen (secondary N) is 2.